The van der Waals surface area contributed by atoms with Gasteiger partial charge >= 0.3 is 0 Å². The van der Waals surface area contributed by atoms with Gasteiger partial charge in [0.1, 0.15) is 11.6 Å². The van der Waals surface area contributed by atoms with Crippen molar-refractivity contribution in [3.05, 3.63) is 47.3 Å². The summed E-state index contributed by atoms with van der Waals surface area (Å²) >= 11 is 0. The number of nitrogens with zero attached hydrogens (tertiary/aromatic N) is 5. The molecule has 136 valence electrons. The summed E-state index contributed by atoms with van der Waals surface area (Å²) in [5, 5.41) is 0. The minimum Gasteiger partial charge on any atom is -0.334 e. The summed E-state index contributed by atoms with van der Waals surface area (Å²) in [6.45, 7) is 2.03. The van der Waals surface area contributed by atoms with Gasteiger partial charge in [0.05, 0.1) is 29.3 Å². The molecule has 3 aromatic rings. The highest BCUT2D eigenvalue weighted by Crippen LogP contribution is 2.35. The highest BCUT2D eigenvalue weighted by molar-refractivity contribution is 5.75. The molecule has 0 spiro atoms. The molecule has 0 amide bonds. The first-order valence-corrected chi connectivity index (χ1v) is 9.91. The first kappa shape index (κ1) is 16.1. The average Bonchev–Trinajstić information content (AvgIpc) is 3.34. The van der Waals surface area contributed by atoms with Crippen LogP contribution >= 0.6 is 0 Å². The lowest BCUT2D eigenvalue weighted by Crippen LogP contribution is -2.26. The lowest BCUT2D eigenvalue weighted by molar-refractivity contribution is 0.228. The zero-order valence-electron chi connectivity index (χ0n) is 15.8. The maximum absolute atomic E-state index is 5.08. The van der Waals surface area contributed by atoms with Crippen LogP contribution in [0.15, 0.2) is 24.3 Å². The maximum Gasteiger partial charge on any atom is 0.126 e. The van der Waals surface area contributed by atoms with Gasteiger partial charge in [-0.2, -0.15) is 0 Å². The molecule has 5 nitrogen and oxygen atoms in total. The Hall–Kier alpha value is -2.14. The minimum absolute atomic E-state index is 0.422. The Labute approximate surface area is 154 Å². The molecule has 5 heteroatoms. The molecule has 2 aliphatic rings. The maximum atomic E-state index is 5.08. The zero-order chi connectivity index (χ0) is 17.7. The summed E-state index contributed by atoms with van der Waals surface area (Å²) in [7, 11) is 4.35. The van der Waals surface area contributed by atoms with E-state index < -0.39 is 0 Å². The van der Waals surface area contributed by atoms with Crippen LogP contribution in [0.4, 0.5) is 0 Å². The van der Waals surface area contributed by atoms with Crippen molar-refractivity contribution in [2.24, 2.45) is 14.1 Å². The van der Waals surface area contributed by atoms with Crippen molar-refractivity contribution in [1.82, 2.24) is 24.0 Å². The van der Waals surface area contributed by atoms with Gasteiger partial charge in [0.25, 0.3) is 0 Å². The summed E-state index contributed by atoms with van der Waals surface area (Å²) in [4.78, 5) is 12.5. The first-order valence-electron chi connectivity index (χ1n) is 9.91. The van der Waals surface area contributed by atoms with Crippen molar-refractivity contribution in [1.29, 1.82) is 0 Å². The third kappa shape index (κ3) is 2.49. The fourth-order valence-electron chi connectivity index (χ4n) is 4.83. The van der Waals surface area contributed by atoms with Gasteiger partial charge in [-0.05, 0) is 57.2 Å². The van der Waals surface area contributed by atoms with E-state index in [1.54, 1.807) is 0 Å². The van der Waals surface area contributed by atoms with Gasteiger partial charge in [0.2, 0.25) is 0 Å². The molecule has 1 aliphatic carbocycles. The van der Waals surface area contributed by atoms with Crippen molar-refractivity contribution in [3.8, 4) is 0 Å². The molecular formula is C21H27N5. The Kier molecular flexibility index (Phi) is 3.85. The molecule has 1 atom stereocenters. The van der Waals surface area contributed by atoms with Crippen LogP contribution in [-0.2, 0) is 33.5 Å². The summed E-state index contributed by atoms with van der Waals surface area (Å²) in [6.07, 6.45) is 7.38. The van der Waals surface area contributed by atoms with Crippen molar-refractivity contribution in [2.45, 2.75) is 51.1 Å². The molecule has 3 heterocycles. The van der Waals surface area contributed by atoms with Crippen LogP contribution in [0.1, 0.15) is 54.8 Å². The molecule has 26 heavy (non-hydrogen) atoms. The van der Waals surface area contributed by atoms with Gasteiger partial charge in [0, 0.05) is 19.8 Å². The quantitative estimate of drug-likeness (QED) is 0.726. The first-order chi connectivity index (χ1) is 12.7. The fourth-order valence-corrected chi connectivity index (χ4v) is 4.83. The fraction of sp³-hybridized carbons (Fsp3) is 0.524. The Balaban J connectivity index is 1.46. The summed E-state index contributed by atoms with van der Waals surface area (Å²) in [5.41, 5.74) is 5.13. The normalized spacial score (nSPS) is 20.8. The molecule has 1 aromatic carbocycles. The molecule has 1 saturated heterocycles. The van der Waals surface area contributed by atoms with Gasteiger partial charge in [-0.3, -0.25) is 4.90 Å². The number of aromatic nitrogens is 4. The molecule has 0 saturated carbocycles. The third-order valence-electron chi connectivity index (χ3n) is 6.29. The molecule has 0 unspecified atom stereocenters. The highest BCUT2D eigenvalue weighted by Gasteiger charge is 2.32. The Morgan fingerprint density at radius 2 is 1.85 bits per heavy atom. The van der Waals surface area contributed by atoms with Crippen LogP contribution in [-0.4, -0.2) is 30.5 Å². The van der Waals surface area contributed by atoms with Crippen molar-refractivity contribution < 1.29 is 0 Å². The van der Waals surface area contributed by atoms with Crippen LogP contribution in [0.2, 0.25) is 0 Å². The van der Waals surface area contributed by atoms with E-state index in [0.717, 1.165) is 30.9 Å². The zero-order valence-corrected chi connectivity index (χ0v) is 15.8. The largest absolute Gasteiger partial charge is 0.334 e. The van der Waals surface area contributed by atoms with Gasteiger partial charge in [-0.15, -0.1) is 0 Å². The van der Waals surface area contributed by atoms with Crippen molar-refractivity contribution >= 4 is 11.0 Å². The second-order valence-corrected chi connectivity index (χ2v) is 7.83. The molecular weight excluding hydrogens is 322 g/mol. The number of aryl methyl sites for hydroxylation is 2. The van der Waals surface area contributed by atoms with Crippen LogP contribution in [0.25, 0.3) is 11.0 Å². The number of benzene rings is 1. The molecule has 1 aliphatic heterocycles. The number of hydrogen-bond donors (Lipinski definition) is 0. The SMILES string of the molecule is Cn1c([C@H]2CCCN2Cc2nc3ccccc3n2C)nc2c1CCCC2. The number of fused-ring (bicyclic) bond motifs is 2. The van der Waals surface area contributed by atoms with Gasteiger partial charge in [-0.1, -0.05) is 12.1 Å². The molecule has 0 N–H and O–H groups in total. The topological polar surface area (TPSA) is 38.9 Å². The average molecular weight is 349 g/mol. The summed E-state index contributed by atoms with van der Waals surface area (Å²) in [6, 6.07) is 8.83. The predicted octanol–water partition coefficient (Wildman–Crippen LogP) is 3.52. The Bertz CT molecular complexity index is 951. The van der Waals surface area contributed by atoms with E-state index in [-0.39, 0.29) is 0 Å². The van der Waals surface area contributed by atoms with Gasteiger partial charge < -0.3 is 9.13 Å². The van der Waals surface area contributed by atoms with E-state index in [1.807, 2.05) is 0 Å². The van der Waals surface area contributed by atoms with E-state index in [0.29, 0.717) is 6.04 Å². The standard InChI is InChI=1S/C21H27N5/c1-24-17-10-5-3-8-15(17)22-20(24)14-26-13-7-12-19(26)21-23-16-9-4-6-11-18(16)25(21)2/h3,5,8,10,19H,4,6-7,9,11-14H2,1-2H3/t19-/m1/s1. The van der Waals surface area contributed by atoms with Crippen molar-refractivity contribution in [3.63, 3.8) is 0 Å². The molecule has 2 aromatic heterocycles. The number of para-hydroxylation sites is 2. The van der Waals surface area contributed by atoms with E-state index >= 15 is 0 Å². The highest BCUT2D eigenvalue weighted by atomic mass is 15.3. The second kappa shape index (κ2) is 6.23. The number of imidazole rings is 2. The monoisotopic (exact) mass is 349 g/mol. The number of hydrogen-bond acceptors (Lipinski definition) is 3. The van der Waals surface area contributed by atoms with Crippen LogP contribution in [0, 0.1) is 0 Å². The van der Waals surface area contributed by atoms with E-state index in [2.05, 4.69) is 52.4 Å². The lowest BCUT2D eigenvalue weighted by Gasteiger charge is -2.24. The van der Waals surface area contributed by atoms with Crippen LogP contribution in [0.3, 0.4) is 0 Å². The summed E-state index contributed by atoms with van der Waals surface area (Å²) in [5.74, 6) is 2.42. The molecule has 1 fully saturated rings. The van der Waals surface area contributed by atoms with Gasteiger partial charge in [0.15, 0.2) is 0 Å². The minimum atomic E-state index is 0.422. The van der Waals surface area contributed by atoms with E-state index in [9.17, 15) is 0 Å². The van der Waals surface area contributed by atoms with Gasteiger partial charge in [-0.25, -0.2) is 9.97 Å². The molecule has 0 bridgehead atoms. The smallest absolute Gasteiger partial charge is 0.126 e. The number of rotatable bonds is 3. The Morgan fingerprint density at radius 1 is 1.00 bits per heavy atom. The van der Waals surface area contributed by atoms with Crippen molar-refractivity contribution in [2.75, 3.05) is 6.54 Å². The summed E-state index contributed by atoms with van der Waals surface area (Å²) < 4.78 is 4.64. The van der Waals surface area contributed by atoms with E-state index in [4.69, 9.17) is 9.97 Å². The molecule has 0 radical (unpaired) electrons. The Morgan fingerprint density at radius 3 is 2.69 bits per heavy atom. The lowest BCUT2D eigenvalue weighted by atomic mass is 10.0. The predicted molar refractivity (Wildman–Crippen MR) is 103 cm³/mol. The van der Waals surface area contributed by atoms with E-state index in [1.165, 1.54) is 54.8 Å². The van der Waals surface area contributed by atoms with Crippen LogP contribution in [0.5, 0.6) is 0 Å². The molecule has 5 rings (SSSR count). The van der Waals surface area contributed by atoms with Crippen LogP contribution < -0.4 is 0 Å². The third-order valence-corrected chi connectivity index (χ3v) is 6.29. The second-order valence-electron chi connectivity index (χ2n) is 7.83. The number of likely N-dealkylation sites (tertiary alicyclic amines) is 1.